The number of rotatable bonds is 2. The molecule has 1 saturated carbocycles. The minimum Gasteiger partial charge on any atom is -0.390 e. The molecule has 80 valence electrons. The highest BCUT2D eigenvalue weighted by Crippen LogP contribution is 2.63. The SMILES string of the molecule is CCOP1C(=O)C2CC(F)C(O)CC21. The molecule has 0 bridgehead atoms. The Balaban J connectivity index is 2.00. The average molecular weight is 220 g/mol. The van der Waals surface area contributed by atoms with Crippen LogP contribution in [0.5, 0.6) is 0 Å². The van der Waals surface area contributed by atoms with Crippen LogP contribution in [0.25, 0.3) is 0 Å². The lowest BCUT2D eigenvalue weighted by atomic mass is 9.85. The fourth-order valence-electron chi connectivity index (χ4n) is 2.18. The fourth-order valence-corrected chi connectivity index (χ4v) is 4.46. The van der Waals surface area contributed by atoms with Gasteiger partial charge in [0.25, 0.3) is 0 Å². The van der Waals surface area contributed by atoms with Crippen molar-refractivity contribution in [2.24, 2.45) is 5.92 Å². The van der Waals surface area contributed by atoms with Crippen LogP contribution in [-0.2, 0) is 9.32 Å². The summed E-state index contributed by atoms with van der Waals surface area (Å²) in [6, 6.07) is 0. The van der Waals surface area contributed by atoms with Crippen molar-refractivity contribution < 1.29 is 18.8 Å². The van der Waals surface area contributed by atoms with Gasteiger partial charge in [0.1, 0.15) is 14.3 Å². The van der Waals surface area contributed by atoms with Crippen molar-refractivity contribution in [1.29, 1.82) is 0 Å². The Morgan fingerprint density at radius 3 is 3.00 bits per heavy atom. The quantitative estimate of drug-likeness (QED) is 0.716. The van der Waals surface area contributed by atoms with Gasteiger partial charge in [0.05, 0.1) is 6.10 Å². The molecule has 1 N–H and O–H groups in total. The summed E-state index contributed by atoms with van der Waals surface area (Å²) in [6.07, 6.45) is -1.53. The van der Waals surface area contributed by atoms with Gasteiger partial charge in [-0.3, -0.25) is 4.79 Å². The molecule has 0 aromatic rings. The van der Waals surface area contributed by atoms with Crippen LogP contribution in [-0.4, -0.2) is 35.2 Å². The highest BCUT2D eigenvalue weighted by Gasteiger charge is 2.55. The van der Waals surface area contributed by atoms with Gasteiger partial charge in [0, 0.05) is 18.2 Å². The van der Waals surface area contributed by atoms with Crippen LogP contribution in [0.1, 0.15) is 19.8 Å². The molecule has 3 nitrogen and oxygen atoms in total. The Kier molecular flexibility index (Phi) is 2.87. The van der Waals surface area contributed by atoms with Crippen LogP contribution in [0.4, 0.5) is 4.39 Å². The van der Waals surface area contributed by atoms with E-state index in [1.54, 1.807) is 0 Å². The molecule has 0 aromatic heterocycles. The van der Waals surface area contributed by atoms with E-state index in [-0.39, 0.29) is 23.5 Å². The van der Waals surface area contributed by atoms with E-state index in [0.29, 0.717) is 13.0 Å². The summed E-state index contributed by atoms with van der Waals surface area (Å²) in [5.41, 5.74) is 0.195. The molecule has 1 heterocycles. The van der Waals surface area contributed by atoms with Gasteiger partial charge in [-0.2, -0.15) is 0 Å². The topological polar surface area (TPSA) is 46.5 Å². The summed E-state index contributed by atoms with van der Waals surface area (Å²) >= 11 is 0. The molecule has 1 aliphatic carbocycles. The zero-order chi connectivity index (χ0) is 10.3. The molecule has 14 heavy (non-hydrogen) atoms. The van der Waals surface area contributed by atoms with Crippen molar-refractivity contribution in [2.45, 2.75) is 37.7 Å². The first-order valence-electron chi connectivity index (χ1n) is 4.93. The first-order valence-corrected chi connectivity index (χ1v) is 6.26. The zero-order valence-electron chi connectivity index (χ0n) is 8.02. The van der Waals surface area contributed by atoms with Crippen molar-refractivity contribution in [1.82, 2.24) is 0 Å². The van der Waals surface area contributed by atoms with Crippen molar-refractivity contribution in [3.63, 3.8) is 0 Å². The molecule has 5 unspecified atom stereocenters. The van der Waals surface area contributed by atoms with E-state index in [2.05, 4.69) is 0 Å². The van der Waals surface area contributed by atoms with E-state index in [9.17, 15) is 14.3 Å². The molecule has 5 heteroatoms. The van der Waals surface area contributed by atoms with E-state index in [4.69, 9.17) is 4.52 Å². The van der Waals surface area contributed by atoms with Gasteiger partial charge in [-0.1, -0.05) is 0 Å². The van der Waals surface area contributed by atoms with Crippen LogP contribution >= 0.6 is 8.15 Å². The maximum Gasteiger partial charge on any atom is 0.185 e. The minimum atomic E-state index is -1.22. The van der Waals surface area contributed by atoms with Gasteiger partial charge in [0.15, 0.2) is 5.52 Å². The predicted octanol–water partition coefficient (Wildman–Crippen LogP) is 1.44. The molecule has 5 atom stereocenters. The van der Waals surface area contributed by atoms with E-state index < -0.39 is 20.4 Å². The number of carbonyl (C=O) groups is 1. The summed E-state index contributed by atoms with van der Waals surface area (Å²) in [4.78, 5) is 11.5. The molecule has 0 spiro atoms. The van der Waals surface area contributed by atoms with Gasteiger partial charge in [-0.05, 0) is 19.8 Å². The largest absolute Gasteiger partial charge is 0.390 e. The molecule has 0 aromatic carbocycles. The number of hydrogen-bond donors (Lipinski definition) is 1. The second kappa shape index (κ2) is 3.84. The molecule has 0 radical (unpaired) electrons. The Morgan fingerprint density at radius 2 is 2.36 bits per heavy atom. The van der Waals surface area contributed by atoms with Crippen molar-refractivity contribution >= 4 is 13.7 Å². The van der Waals surface area contributed by atoms with Gasteiger partial charge >= 0.3 is 0 Å². The lowest BCUT2D eigenvalue weighted by Crippen LogP contribution is -2.49. The van der Waals surface area contributed by atoms with Crippen molar-refractivity contribution in [3.8, 4) is 0 Å². The summed E-state index contributed by atoms with van der Waals surface area (Å²) < 4.78 is 18.4. The summed E-state index contributed by atoms with van der Waals surface area (Å²) in [6.45, 7) is 2.37. The van der Waals surface area contributed by atoms with Crippen LogP contribution in [0.2, 0.25) is 0 Å². The molecular weight excluding hydrogens is 206 g/mol. The molecule has 1 aliphatic heterocycles. The second-order valence-corrected chi connectivity index (χ2v) is 5.82. The maximum absolute atomic E-state index is 13.1. The number of hydrogen-bond acceptors (Lipinski definition) is 3. The molecule has 2 fully saturated rings. The van der Waals surface area contributed by atoms with Crippen molar-refractivity contribution in [2.75, 3.05) is 6.61 Å². The van der Waals surface area contributed by atoms with Gasteiger partial charge in [0.2, 0.25) is 0 Å². The third-order valence-electron chi connectivity index (χ3n) is 2.95. The molecular formula is C9H14FO3P. The third-order valence-corrected chi connectivity index (χ3v) is 5.42. The van der Waals surface area contributed by atoms with E-state index in [0.717, 1.165) is 0 Å². The lowest BCUT2D eigenvalue weighted by molar-refractivity contribution is -0.121. The summed E-state index contributed by atoms with van der Waals surface area (Å²) in [5, 5.41) is 9.34. The molecule has 2 aliphatic rings. The number of alkyl halides is 1. The first kappa shape index (κ1) is 10.5. The van der Waals surface area contributed by atoms with E-state index in [1.807, 2.05) is 6.92 Å². The lowest BCUT2D eigenvalue weighted by Gasteiger charge is -2.47. The Labute approximate surface area is 83.5 Å². The highest BCUT2D eigenvalue weighted by atomic mass is 31.1. The normalized spacial score (nSPS) is 47.1. The fraction of sp³-hybridized carbons (Fsp3) is 0.889. The van der Waals surface area contributed by atoms with Crippen LogP contribution in [0, 0.1) is 5.92 Å². The van der Waals surface area contributed by atoms with Crippen LogP contribution in [0.15, 0.2) is 0 Å². The van der Waals surface area contributed by atoms with Crippen molar-refractivity contribution in [3.05, 3.63) is 0 Å². The number of aliphatic hydroxyl groups is 1. The highest BCUT2D eigenvalue weighted by molar-refractivity contribution is 7.74. The van der Waals surface area contributed by atoms with Crippen LogP contribution in [0.3, 0.4) is 0 Å². The standard InChI is InChI=1S/C9H14FO3P/c1-2-13-14-8-4-7(11)6(10)3-5(8)9(14)12/h5-8,11H,2-4H2,1H3. The van der Waals surface area contributed by atoms with E-state index >= 15 is 0 Å². The number of fused-ring (bicyclic) bond motifs is 1. The maximum atomic E-state index is 13.1. The Bertz CT molecular complexity index is 240. The average Bonchev–Trinajstić information content (AvgIpc) is 2.18. The van der Waals surface area contributed by atoms with Gasteiger partial charge in [-0.15, -0.1) is 0 Å². The monoisotopic (exact) mass is 220 g/mol. The Hall–Kier alpha value is -0.0500. The molecule has 1 saturated heterocycles. The molecule has 2 rings (SSSR count). The predicted molar refractivity (Wildman–Crippen MR) is 51.0 cm³/mol. The second-order valence-electron chi connectivity index (χ2n) is 3.81. The number of aliphatic hydroxyl groups excluding tert-OH is 1. The van der Waals surface area contributed by atoms with Gasteiger partial charge < -0.3 is 9.63 Å². The Morgan fingerprint density at radius 1 is 1.64 bits per heavy atom. The zero-order valence-corrected chi connectivity index (χ0v) is 8.91. The molecule has 0 amide bonds. The first-order chi connectivity index (χ1) is 6.65. The number of carbonyl (C=O) groups excluding carboxylic acids is 1. The summed E-state index contributed by atoms with van der Waals surface area (Å²) in [7, 11) is -1.03. The smallest absolute Gasteiger partial charge is 0.185 e. The third kappa shape index (κ3) is 1.50. The van der Waals surface area contributed by atoms with Gasteiger partial charge in [-0.25, -0.2) is 4.39 Å². The summed E-state index contributed by atoms with van der Waals surface area (Å²) in [5.74, 6) is -0.175. The van der Waals surface area contributed by atoms with Crippen LogP contribution < -0.4 is 0 Å². The van der Waals surface area contributed by atoms with E-state index in [1.165, 1.54) is 0 Å². The number of halogens is 1. The minimum absolute atomic E-state index is 0.0846.